The summed E-state index contributed by atoms with van der Waals surface area (Å²) >= 11 is 1.36. The first-order valence-corrected chi connectivity index (χ1v) is 7.65. The largest absolute Gasteiger partial charge is 0.350 e. The van der Waals surface area contributed by atoms with Gasteiger partial charge in [0.2, 0.25) is 5.95 Å². The van der Waals surface area contributed by atoms with E-state index >= 15 is 0 Å². The number of amides is 1. The van der Waals surface area contributed by atoms with Gasteiger partial charge < -0.3 is 10.6 Å². The highest BCUT2D eigenvalue weighted by Gasteiger charge is 2.11. The lowest BCUT2D eigenvalue weighted by molar-refractivity contribution is 0.0945. The molecule has 21 heavy (non-hydrogen) atoms. The highest BCUT2D eigenvalue weighted by Crippen LogP contribution is 2.19. The number of aromatic nitrogens is 3. The van der Waals surface area contributed by atoms with Gasteiger partial charge in [0.15, 0.2) is 5.13 Å². The summed E-state index contributed by atoms with van der Waals surface area (Å²) in [5, 5.41) is 8.20. The van der Waals surface area contributed by atoms with Crippen LogP contribution in [0.2, 0.25) is 0 Å². The van der Waals surface area contributed by atoms with E-state index in [4.69, 9.17) is 0 Å². The van der Waals surface area contributed by atoms with Crippen LogP contribution >= 0.6 is 11.3 Å². The Morgan fingerprint density at radius 3 is 2.52 bits per heavy atom. The molecule has 1 amide bonds. The van der Waals surface area contributed by atoms with Crippen LogP contribution in [0.25, 0.3) is 0 Å². The number of thiazole rings is 1. The Balaban J connectivity index is 2.04. The SMILES string of the molecule is Cc1cc(C)nc(Nc2nc(C(=O)NCC(C)C)cs2)n1. The van der Waals surface area contributed by atoms with Crippen LogP contribution < -0.4 is 10.6 Å². The van der Waals surface area contributed by atoms with Crippen molar-refractivity contribution in [1.82, 2.24) is 20.3 Å². The first kappa shape index (κ1) is 15.4. The number of rotatable bonds is 5. The molecule has 0 atom stereocenters. The lowest BCUT2D eigenvalue weighted by Gasteiger charge is -2.05. The van der Waals surface area contributed by atoms with Crippen LogP contribution in [-0.2, 0) is 0 Å². The van der Waals surface area contributed by atoms with Crippen molar-refractivity contribution in [1.29, 1.82) is 0 Å². The number of aryl methyl sites for hydroxylation is 2. The lowest BCUT2D eigenvalue weighted by atomic mass is 10.2. The van der Waals surface area contributed by atoms with E-state index in [1.54, 1.807) is 5.38 Å². The lowest BCUT2D eigenvalue weighted by Crippen LogP contribution is -2.27. The van der Waals surface area contributed by atoms with Crippen molar-refractivity contribution in [3.8, 4) is 0 Å². The second kappa shape index (κ2) is 6.62. The zero-order valence-corrected chi connectivity index (χ0v) is 13.4. The van der Waals surface area contributed by atoms with Gasteiger partial charge in [-0.25, -0.2) is 15.0 Å². The predicted molar refractivity (Wildman–Crippen MR) is 84.1 cm³/mol. The number of nitrogens with zero attached hydrogens (tertiary/aromatic N) is 3. The summed E-state index contributed by atoms with van der Waals surface area (Å²) in [6.07, 6.45) is 0. The first-order chi connectivity index (χ1) is 9.94. The van der Waals surface area contributed by atoms with E-state index < -0.39 is 0 Å². The van der Waals surface area contributed by atoms with Crippen molar-refractivity contribution in [2.24, 2.45) is 5.92 Å². The van der Waals surface area contributed by atoms with Crippen molar-refractivity contribution in [3.05, 3.63) is 28.5 Å². The van der Waals surface area contributed by atoms with Crippen LogP contribution in [0.3, 0.4) is 0 Å². The van der Waals surface area contributed by atoms with Crippen LogP contribution in [-0.4, -0.2) is 27.4 Å². The van der Waals surface area contributed by atoms with E-state index in [9.17, 15) is 4.79 Å². The van der Waals surface area contributed by atoms with Crippen LogP contribution in [0, 0.1) is 19.8 Å². The summed E-state index contributed by atoms with van der Waals surface area (Å²) in [6.45, 7) is 8.55. The molecule has 0 unspecified atom stereocenters. The van der Waals surface area contributed by atoms with Crippen LogP contribution in [0.4, 0.5) is 11.1 Å². The highest BCUT2D eigenvalue weighted by molar-refractivity contribution is 7.14. The molecule has 2 N–H and O–H groups in total. The number of anilines is 2. The Morgan fingerprint density at radius 1 is 1.24 bits per heavy atom. The van der Waals surface area contributed by atoms with Crippen molar-refractivity contribution in [3.63, 3.8) is 0 Å². The molecule has 0 saturated heterocycles. The molecule has 112 valence electrons. The fraction of sp³-hybridized carbons (Fsp3) is 0.429. The Hall–Kier alpha value is -2.02. The Labute approximate surface area is 128 Å². The second-order valence-electron chi connectivity index (χ2n) is 5.24. The van der Waals surface area contributed by atoms with Gasteiger partial charge in [0, 0.05) is 23.3 Å². The maximum absolute atomic E-state index is 11.9. The number of nitrogens with one attached hydrogen (secondary N) is 2. The van der Waals surface area contributed by atoms with Gasteiger partial charge in [0.1, 0.15) is 5.69 Å². The average Bonchev–Trinajstić information content (AvgIpc) is 2.83. The molecule has 0 aliphatic heterocycles. The van der Waals surface area contributed by atoms with Crippen LogP contribution in [0.5, 0.6) is 0 Å². The standard InChI is InChI=1S/C14H19N5OS/c1-8(2)6-15-12(20)11-7-21-14(18-11)19-13-16-9(3)5-10(4)17-13/h5,7-8H,6H2,1-4H3,(H,15,20)(H,16,17,18,19). The molecule has 2 heterocycles. The monoisotopic (exact) mass is 305 g/mol. The quantitative estimate of drug-likeness (QED) is 0.887. The van der Waals surface area contributed by atoms with E-state index in [2.05, 4.69) is 25.6 Å². The summed E-state index contributed by atoms with van der Waals surface area (Å²) < 4.78 is 0. The number of hydrogen-bond donors (Lipinski definition) is 2. The second-order valence-corrected chi connectivity index (χ2v) is 6.10. The average molecular weight is 305 g/mol. The smallest absolute Gasteiger partial charge is 0.270 e. The van der Waals surface area contributed by atoms with Gasteiger partial charge in [-0.05, 0) is 25.8 Å². The normalized spacial score (nSPS) is 10.7. The summed E-state index contributed by atoms with van der Waals surface area (Å²) in [6, 6.07) is 1.90. The van der Waals surface area contributed by atoms with Gasteiger partial charge in [0.25, 0.3) is 5.91 Å². The molecule has 0 aromatic carbocycles. The summed E-state index contributed by atoms with van der Waals surface area (Å²) in [4.78, 5) is 24.7. The molecule has 2 aromatic rings. The van der Waals surface area contributed by atoms with Crippen LogP contribution in [0.1, 0.15) is 35.7 Å². The Morgan fingerprint density at radius 2 is 1.90 bits per heavy atom. The maximum atomic E-state index is 11.9. The van der Waals surface area contributed by atoms with Crippen LogP contribution in [0.15, 0.2) is 11.4 Å². The topological polar surface area (TPSA) is 79.8 Å². The predicted octanol–water partition coefficient (Wildman–Crippen LogP) is 2.68. The minimum atomic E-state index is -0.158. The molecule has 0 saturated carbocycles. The Bertz CT molecular complexity index is 618. The molecule has 2 aromatic heterocycles. The molecule has 0 fully saturated rings. The third-order valence-electron chi connectivity index (χ3n) is 2.61. The van der Waals surface area contributed by atoms with E-state index in [1.807, 2.05) is 33.8 Å². The van der Waals surface area contributed by atoms with Gasteiger partial charge in [-0.2, -0.15) is 0 Å². The number of carbonyl (C=O) groups is 1. The highest BCUT2D eigenvalue weighted by atomic mass is 32.1. The van der Waals surface area contributed by atoms with Gasteiger partial charge in [0.05, 0.1) is 0 Å². The molecular weight excluding hydrogens is 286 g/mol. The minimum Gasteiger partial charge on any atom is -0.350 e. The first-order valence-electron chi connectivity index (χ1n) is 6.77. The molecule has 0 aliphatic rings. The molecule has 0 radical (unpaired) electrons. The summed E-state index contributed by atoms with van der Waals surface area (Å²) in [5.41, 5.74) is 2.18. The van der Waals surface area contributed by atoms with Gasteiger partial charge >= 0.3 is 0 Å². The van der Waals surface area contributed by atoms with E-state index in [-0.39, 0.29) is 5.91 Å². The zero-order valence-electron chi connectivity index (χ0n) is 12.6. The third kappa shape index (κ3) is 4.49. The molecule has 2 rings (SSSR count). The number of carbonyl (C=O) groups excluding carboxylic acids is 1. The fourth-order valence-corrected chi connectivity index (χ4v) is 2.38. The third-order valence-corrected chi connectivity index (χ3v) is 3.37. The zero-order chi connectivity index (χ0) is 15.4. The van der Waals surface area contributed by atoms with Crippen molar-refractivity contribution >= 4 is 28.3 Å². The van der Waals surface area contributed by atoms with Gasteiger partial charge in [-0.1, -0.05) is 13.8 Å². The molecule has 7 heteroatoms. The molecule has 0 bridgehead atoms. The molecule has 0 spiro atoms. The van der Waals surface area contributed by atoms with Crippen molar-refractivity contribution < 1.29 is 4.79 Å². The van der Waals surface area contributed by atoms with E-state index in [1.165, 1.54) is 11.3 Å². The van der Waals surface area contributed by atoms with Gasteiger partial charge in [-0.15, -0.1) is 11.3 Å². The van der Waals surface area contributed by atoms with Crippen molar-refractivity contribution in [2.45, 2.75) is 27.7 Å². The van der Waals surface area contributed by atoms with E-state index in [0.717, 1.165) is 11.4 Å². The Kier molecular flexibility index (Phi) is 4.85. The summed E-state index contributed by atoms with van der Waals surface area (Å²) in [7, 11) is 0. The summed E-state index contributed by atoms with van der Waals surface area (Å²) in [5.74, 6) is 0.749. The van der Waals surface area contributed by atoms with Gasteiger partial charge in [-0.3, -0.25) is 4.79 Å². The van der Waals surface area contributed by atoms with Crippen molar-refractivity contribution in [2.75, 3.05) is 11.9 Å². The fourth-order valence-electron chi connectivity index (χ4n) is 1.70. The molecule has 0 aliphatic carbocycles. The molecular formula is C14H19N5OS. The maximum Gasteiger partial charge on any atom is 0.270 e. The molecule has 6 nitrogen and oxygen atoms in total. The number of hydrogen-bond acceptors (Lipinski definition) is 6. The minimum absolute atomic E-state index is 0.158. The van der Waals surface area contributed by atoms with E-state index in [0.29, 0.717) is 29.2 Å².